The van der Waals surface area contributed by atoms with E-state index in [0.29, 0.717) is 5.69 Å². The van der Waals surface area contributed by atoms with Crippen LogP contribution in [0.1, 0.15) is 6.42 Å². The van der Waals surface area contributed by atoms with Crippen molar-refractivity contribution in [3.63, 3.8) is 0 Å². The number of carbonyl (C=O) groups is 1. The normalized spacial score (nSPS) is 13.0. The van der Waals surface area contributed by atoms with Crippen LogP contribution >= 0.6 is 11.6 Å². The summed E-state index contributed by atoms with van der Waals surface area (Å²) in [5, 5.41) is 11.8. The molecule has 0 spiro atoms. The number of nitrogens with one attached hydrogen (secondary N) is 1. The average Bonchev–Trinajstić information content (AvgIpc) is 2.29. The molecular formula is C11H15ClN2O4S. The van der Waals surface area contributed by atoms with Crippen molar-refractivity contribution in [1.82, 2.24) is 0 Å². The van der Waals surface area contributed by atoms with Crippen molar-refractivity contribution in [3.05, 3.63) is 23.2 Å². The standard InChI is InChI=1S/C11H15ClN2O4S/c1-19(17,18)5-4-9(13)11(16)14-7-2-3-10(15)8(12)6-7/h2-3,6,9,15H,4-5,13H2,1H3,(H,14,16). The molecule has 0 aliphatic carbocycles. The molecule has 1 unspecified atom stereocenters. The first-order valence-corrected chi connectivity index (χ1v) is 7.85. The highest BCUT2D eigenvalue weighted by atomic mass is 35.5. The maximum atomic E-state index is 11.7. The summed E-state index contributed by atoms with van der Waals surface area (Å²) in [6.07, 6.45) is 1.12. The number of phenolic OH excluding ortho intramolecular Hbond substituents is 1. The van der Waals surface area contributed by atoms with E-state index in [9.17, 15) is 18.3 Å². The molecule has 1 atom stereocenters. The van der Waals surface area contributed by atoms with E-state index in [2.05, 4.69) is 5.32 Å². The Bertz CT molecular complexity index is 574. The Morgan fingerprint density at radius 2 is 2.16 bits per heavy atom. The van der Waals surface area contributed by atoms with E-state index in [1.54, 1.807) is 0 Å². The molecular weight excluding hydrogens is 292 g/mol. The van der Waals surface area contributed by atoms with Crippen LogP contribution < -0.4 is 11.1 Å². The number of hydrogen-bond donors (Lipinski definition) is 3. The molecule has 0 aliphatic heterocycles. The SMILES string of the molecule is CS(=O)(=O)CCC(N)C(=O)Nc1ccc(O)c(Cl)c1. The molecule has 6 nitrogen and oxygen atoms in total. The van der Waals surface area contributed by atoms with E-state index in [1.165, 1.54) is 18.2 Å². The van der Waals surface area contributed by atoms with Gasteiger partial charge in [0, 0.05) is 11.9 Å². The molecule has 4 N–H and O–H groups in total. The Morgan fingerprint density at radius 3 is 2.68 bits per heavy atom. The predicted molar refractivity (Wildman–Crippen MR) is 74.0 cm³/mol. The maximum Gasteiger partial charge on any atom is 0.241 e. The predicted octanol–water partition coefficient (Wildman–Crippen LogP) is 0.746. The van der Waals surface area contributed by atoms with Crippen molar-refractivity contribution in [1.29, 1.82) is 0 Å². The third-order valence-electron chi connectivity index (χ3n) is 2.35. The van der Waals surface area contributed by atoms with E-state index in [4.69, 9.17) is 17.3 Å². The fraction of sp³-hybridized carbons (Fsp3) is 0.364. The molecule has 0 saturated heterocycles. The first-order chi connectivity index (χ1) is 8.69. The number of sulfone groups is 1. The first-order valence-electron chi connectivity index (χ1n) is 5.42. The van der Waals surface area contributed by atoms with Crippen molar-refractivity contribution in [2.45, 2.75) is 12.5 Å². The third kappa shape index (κ3) is 5.46. The largest absolute Gasteiger partial charge is 0.506 e. The third-order valence-corrected chi connectivity index (χ3v) is 3.63. The molecule has 1 aromatic rings. The Hall–Kier alpha value is -1.31. The summed E-state index contributed by atoms with van der Waals surface area (Å²) >= 11 is 5.69. The lowest BCUT2D eigenvalue weighted by Gasteiger charge is -2.12. The molecule has 106 valence electrons. The zero-order valence-electron chi connectivity index (χ0n) is 10.3. The minimum absolute atomic E-state index is 0.0382. The number of hydrogen-bond acceptors (Lipinski definition) is 5. The van der Waals surface area contributed by atoms with Gasteiger partial charge in [-0.05, 0) is 24.6 Å². The number of amides is 1. The van der Waals surface area contributed by atoms with E-state index < -0.39 is 21.8 Å². The van der Waals surface area contributed by atoms with Gasteiger partial charge >= 0.3 is 0 Å². The molecule has 0 fully saturated rings. The van der Waals surface area contributed by atoms with Gasteiger partial charge in [0.1, 0.15) is 15.6 Å². The second-order valence-corrected chi connectivity index (χ2v) is 6.85. The van der Waals surface area contributed by atoms with Crippen LogP contribution in [0.25, 0.3) is 0 Å². The van der Waals surface area contributed by atoms with Gasteiger partial charge in [0.25, 0.3) is 0 Å². The van der Waals surface area contributed by atoms with Gasteiger partial charge in [-0.2, -0.15) is 0 Å². The Labute approximate surface area is 116 Å². The van der Waals surface area contributed by atoms with E-state index in [1.807, 2.05) is 0 Å². The number of aromatic hydroxyl groups is 1. The minimum atomic E-state index is -3.15. The van der Waals surface area contributed by atoms with Gasteiger partial charge in [-0.3, -0.25) is 4.79 Å². The van der Waals surface area contributed by atoms with Crippen LogP contribution in [0.2, 0.25) is 5.02 Å². The molecule has 19 heavy (non-hydrogen) atoms. The molecule has 1 aromatic carbocycles. The molecule has 0 radical (unpaired) electrons. The molecule has 0 aliphatic rings. The van der Waals surface area contributed by atoms with Crippen molar-refractivity contribution >= 4 is 33.0 Å². The quantitative estimate of drug-likeness (QED) is 0.695. The second-order valence-electron chi connectivity index (χ2n) is 4.18. The monoisotopic (exact) mass is 306 g/mol. The van der Waals surface area contributed by atoms with Crippen molar-refractivity contribution in [3.8, 4) is 5.75 Å². The fourth-order valence-electron chi connectivity index (χ4n) is 1.29. The lowest BCUT2D eigenvalue weighted by atomic mass is 10.2. The number of benzene rings is 1. The Kier molecular flexibility index (Phi) is 5.16. The lowest BCUT2D eigenvalue weighted by molar-refractivity contribution is -0.117. The van der Waals surface area contributed by atoms with Gasteiger partial charge in [0.15, 0.2) is 0 Å². The van der Waals surface area contributed by atoms with Gasteiger partial charge < -0.3 is 16.2 Å². The summed E-state index contributed by atoms with van der Waals surface area (Å²) in [5.41, 5.74) is 5.96. The van der Waals surface area contributed by atoms with Crippen LogP contribution in [0.4, 0.5) is 5.69 Å². The van der Waals surface area contributed by atoms with Crippen molar-refractivity contribution in [2.75, 3.05) is 17.3 Å². The van der Waals surface area contributed by atoms with Crippen molar-refractivity contribution in [2.24, 2.45) is 5.73 Å². The second kappa shape index (κ2) is 6.23. The first kappa shape index (κ1) is 15.7. The lowest BCUT2D eigenvalue weighted by Crippen LogP contribution is -2.37. The summed E-state index contributed by atoms with van der Waals surface area (Å²) in [6.45, 7) is 0. The van der Waals surface area contributed by atoms with E-state index in [-0.39, 0.29) is 22.9 Å². The molecule has 0 bridgehead atoms. The highest BCUT2D eigenvalue weighted by molar-refractivity contribution is 7.90. The summed E-state index contributed by atoms with van der Waals surface area (Å²) < 4.78 is 21.9. The smallest absolute Gasteiger partial charge is 0.241 e. The number of anilines is 1. The van der Waals surface area contributed by atoms with Crippen LogP contribution in [0.15, 0.2) is 18.2 Å². The molecule has 8 heteroatoms. The van der Waals surface area contributed by atoms with E-state index in [0.717, 1.165) is 6.26 Å². The zero-order valence-corrected chi connectivity index (χ0v) is 11.8. The van der Waals surface area contributed by atoms with Crippen molar-refractivity contribution < 1.29 is 18.3 Å². The summed E-state index contributed by atoms with van der Waals surface area (Å²) in [6, 6.07) is 3.24. The summed E-state index contributed by atoms with van der Waals surface area (Å²) in [7, 11) is -3.15. The highest BCUT2D eigenvalue weighted by Gasteiger charge is 2.16. The Balaban J connectivity index is 2.61. The van der Waals surface area contributed by atoms with Crippen LogP contribution in [-0.2, 0) is 14.6 Å². The maximum absolute atomic E-state index is 11.7. The fourth-order valence-corrected chi connectivity index (χ4v) is 2.15. The van der Waals surface area contributed by atoms with Crippen LogP contribution in [0.3, 0.4) is 0 Å². The molecule has 1 amide bonds. The minimum Gasteiger partial charge on any atom is -0.506 e. The van der Waals surface area contributed by atoms with Crippen LogP contribution in [0, 0.1) is 0 Å². The van der Waals surface area contributed by atoms with Gasteiger partial charge in [0.05, 0.1) is 16.8 Å². The number of carbonyl (C=O) groups excluding carboxylic acids is 1. The average molecular weight is 307 g/mol. The van der Waals surface area contributed by atoms with E-state index >= 15 is 0 Å². The van der Waals surface area contributed by atoms with Gasteiger partial charge in [-0.25, -0.2) is 8.42 Å². The topological polar surface area (TPSA) is 109 Å². The Morgan fingerprint density at radius 1 is 1.53 bits per heavy atom. The number of rotatable bonds is 5. The highest BCUT2D eigenvalue weighted by Crippen LogP contribution is 2.26. The zero-order chi connectivity index (χ0) is 14.6. The molecule has 0 aromatic heterocycles. The van der Waals surface area contributed by atoms with Crippen LogP contribution in [0.5, 0.6) is 5.75 Å². The molecule has 1 rings (SSSR count). The van der Waals surface area contributed by atoms with Gasteiger partial charge in [0.2, 0.25) is 5.91 Å². The molecule has 0 heterocycles. The summed E-state index contributed by atoms with van der Waals surface area (Å²) in [5.74, 6) is -0.760. The number of nitrogens with two attached hydrogens (primary N) is 1. The number of phenols is 1. The van der Waals surface area contributed by atoms with Gasteiger partial charge in [-0.1, -0.05) is 11.6 Å². The van der Waals surface area contributed by atoms with Gasteiger partial charge in [-0.15, -0.1) is 0 Å². The molecule has 0 saturated carbocycles. The number of halogens is 1. The summed E-state index contributed by atoms with van der Waals surface area (Å²) in [4.78, 5) is 11.7. The van der Waals surface area contributed by atoms with Crippen LogP contribution in [-0.4, -0.2) is 37.5 Å².